The third-order valence-corrected chi connectivity index (χ3v) is 3.69. The summed E-state index contributed by atoms with van der Waals surface area (Å²) in [4.78, 5) is 0. The maximum absolute atomic E-state index is 2.36. The minimum absolute atomic E-state index is 1.08. The third-order valence-electron chi connectivity index (χ3n) is 3.69. The van der Waals surface area contributed by atoms with Crippen LogP contribution < -0.4 is 0 Å². The van der Waals surface area contributed by atoms with Crippen molar-refractivity contribution in [3.63, 3.8) is 0 Å². The highest BCUT2D eigenvalue weighted by Gasteiger charge is 2.16. The summed E-state index contributed by atoms with van der Waals surface area (Å²) < 4.78 is 0. The second-order valence-electron chi connectivity index (χ2n) is 4.84. The van der Waals surface area contributed by atoms with E-state index in [4.69, 9.17) is 0 Å². The molecule has 18 heavy (non-hydrogen) atoms. The number of rotatable bonds is 1. The Morgan fingerprint density at radius 1 is 0.833 bits per heavy atom. The number of hydrogen-bond donors (Lipinski definition) is 0. The average molecular weight is 234 g/mol. The Bertz CT molecular complexity index is 541. The van der Waals surface area contributed by atoms with Gasteiger partial charge >= 0.3 is 0 Å². The van der Waals surface area contributed by atoms with E-state index >= 15 is 0 Å². The smallest absolute Gasteiger partial charge is 0.0146 e. The second-order valence-corrected chi connectivity index (χ2v) is 4.84. The molecule has 0 atom stereocenters. The van der Waals surface area contributed by atoms with Crippen LogP contribution in [0.25, 0.3) is 5.57 Å². The van der Waals surface area contributed by atoms with Crippen molar-refractivity contribution in [2.75, 3.05) is 0 Å². The Labute approximate surface area is 109 Å². The largest absolute Gasteiger partial charge is 0.0763 e. The molecule has 0 nitrogen and oxygen atoms in total. The Kier molecular flexibility index (Phi) is 3.02. The standard InChI is InChI=1S/C18H18/c1-2-7-18-16-10-5-3-8-14(16)12-13-15-9-4-6-11-17(15)18/h3-11H,2,12-13H2,1H3. The van der Waals surface area contributed by atoms with Crippen molar-refractivity contribution in [3.05, 3.63) is 76.9 Å². The lowest BCUT2D eigenvalue weighted by atomic mass is 9.93. The molecule has 1 aliphatic rings. The van der Waals surface area contributed by atoms with E-state index < -0.39 is 0 Å². The summed E-state index contributed by atoms with van der Waals surface area (Å²) in [6.07, 6.45) is 5.74. The maximum atomic E-state index is 2.36. The molecule has 0 spiro atoms. The summed E-state index contributed by atoms with van der Waals surface area (Å²) >= 11 is 0. The predicted molar refractivity (Wildman–Crippen MR) is 77.7 cm³/mol. The molecule has 0 aliphatic heterocycles. The topological polar surface area (TPSA) is 0 Å². The Morgan fingerprint density at radius 2 is 1.33 bits per heavy atom. The van der Waals surface area contributed by atoms with Crippen LogP contribution in [-0.4, -0.2) is 0 Å². The first-order chi connectivity index (χ1) is 8.90. The molecule has 2 aromatic rings. The van der Waals surface area contributed by atoms with Crippen molar-refractivity contribution < 1.29 is 0 Å². The van der Waals surface area contributed by atoms with Crippen LogP contribution in [0.2, 0.25) is 0 Å². The zero-order chi connectivity index (χ0) is 12.4. The van der Waals surface area contributed by atoms with Gasteiger partial charge in [-0.25, -0.2) is 0 Å². The van der Waals surface area contributed by atoms with E-state index in [1.54, 1.807) is 0 Å². The van der Waals surface area contributed by atoms with E-state index in [0.29, 0.717) is 0 Å². The number of aryl methyl sites for hydroxylation is 2. The van der Waals surface area contributed by atoms with Gasteiger partial charge in [-0.05, 0) is 47.1 Å². The van der Waals surface area contributed by atoms with Crippen LogP contribution in [-0.2, 0) is 12.8 Å². The van der Waals surface area contributed by atoms with Crippen molar-refractivity contribution in [2.45, 2.75) is 26.2 Å². The van der Waals surface area contributed by atoms with Crippen LogP contribution in [0.4, 0.5) is 0 Å². The summed E-state index contributed by atoms with van der Waals surface area (Å²) in [6, 6.07) is 17.7. The molecule has 90 valence electrons. The number of benzene rings is 2. The summed E-state index contributed by atoms with van der Waals surface area (Å²) in [5.74, 6) is 0. The SMILES string of the molecule is CCC=C1c2ccccc2CCc2ccccc21. The van der Waals surface area contributed by atoms with Gasteiger partial charge < -0.3 is 0 Å². The van der Waals surface area contributed by atoms with Gasteiger partial charge in [-0.1, -0.05) is 61.5 Å². The zero-order valence-corrected chi connectivity index (χ0v) is 10.8. The molecule has 0 heteroatoms. The molecule has 0 radical (unpaired) electrons. The normalized spacial score (nSPS) is 13.5. The summed E-state index contributed by atoms with van der Waals surface area (Å²) in [5, 5.41) is 0. The van der Waals surface area contributed by atoms with Gasteiger partial charge in [-0.3, -0.25) is 0 Å². The fourth-order valence-corrected chi connectivity index (χ4v) is 2.84. The lowest BCUT2D eigenvalue weighted by molar-refractivity contribution is 0.965. The average Bonchev–Trinajstić information content (AvgIpc) is 2.58. The molecule has 0 saturated carbocycles. The lowest BCUT2D eigenvalue weighted by Crippen LogP contribution is -1.91. The Morgan fingerprint density at radius 3 is 1.83 bits per heavy atom. The molecule has 0 bridgehead atoms. The van der Waals surface area contributed by atoms with Crippen LogP contribution in [0.1, 0.15) is 35.6 Å². The summed E-state index contributed by atoms with van der Waals surface area (Å²) in [6.45, 7) is 2.21. The first-order valence-electron chi connectivity index (χ1n) is 6.77. The van der Waals surface area contributed by atoms with Gasteiger partial charge in [0.25, 0.3) is 0 Å². The van der Waals surface area contributed by atoms with Gasteiger partial charge in [-0.15, -0.1) is 0 Å². The monoisotopic (exact) mass is 234 g/mol. The van der Waals surface area contributed by atoms with Crippen LogP contribution in [0.15, 0.2) is 54.6 Å². The maximum Gasteiger partial charge on any atom is -0.0146 e. The quantitative estimate of drug-likeness (QED) is 0.675. The van der Waals surface area contributed by atoms with Crippen LogP contribution in [0.3, 0.4) is 0 Å². The molecule has 1 aliphatic carbocycles. The lowest BCUT2D eigenvalue weighted by Gasteiger charge is -2.11. The molecular weight excluding hydrogens is 216 g/mol. The van der Waals surface area contributed by atoms with Crippen LogP contribution in [0.5, 0.6) is 0 Å². The number of fused-ring (bicyclic) bond motifs is 2. The first-order valence-corrected chi connectivity index (χ1v) is 6.77. The summed E-state index contributed by atoms with van der Waals surface area (Å²) in [7, 11) is 0. The molecule has 0 N–H and O–H groups in total. The highest BCUT2D eigenvalue weighted by atomic mass is 14.2. The van der Waals surface area contributed by atoms with Crippen molar-refractivity contribution in [1.82, 2.24) is 0 Å². The van der Waals surface area contributed by atoms with Crippen molar-refractivity contribution >= 4 is 5.57 Å². The molecule has 3 rings (SSSR count). The van der Waals surface area contributed by atoms with E-state index in [1.807, 2.05) is 0 Å². The minimum Gasteiger partial charge on any atom is -0.0763 e. The van der Waals surface area contributed by atoms with Crippen molar-refractivity contribution in [1.29, 1.82) is 0 Å². The van der Waals surface area contributed by atoms with E-state index in [2.05, 4.69) is 61.5 Å². The number of allylic oxidation sites excluding steroid dienone is 1. The highest BCUT2D eigenvalue weighted by Crippen LogP contribution is 2.33. The second kappa shape index (κ2) is 4.81. The van der Waals surface area contributed by atoms with Crippen LogP contribution in [0, 0.1) is 0 Å². The van der Waals surface area contributed by atoms with Crippen LogP contribution >= 0.6 is 0 Å². The molecule has 0 amide bonds. The number of hydrogen-bond acceptors (Lipinski definition) is 0. The summed E-state index contributed by atoms with van der Waals surface area (Å²) in [5.41, 5.74) is 7.22. The fourth-order valence-electron chi connectivity index (χ4n) is 2.84. The molecule has 0 fully saturated rings. The molecular formula is C18H18. The molecule has 0 aromatic heterocycles. The van der Waals surface area contributed by atoms with E-state index in [9.17, 15) is 0 Å². The predicted octanol–water partition coefficient (Wildman–Crippen LogP) is 4.63. The van der Waals surface area contributed by atoms with Crippen molar-refractivity contribution in [2.24, 2.45) is 0 Å². The zero-order valence-electron chi connectivity index (χ0n) is 10.8. The van der Waals surface area contributed by atoms with Gasteiger partial charge in [0.15, 0.2) is 0 Å². The van der Waals surface area contributed by atoms with E-state index in [1.165, 1.54) is 27.8 Å². The first kappa shape index (κ1) is 11.3. The van der Waals surface area contributed by atoms with Crippen molar-refractivity contribution in [3.8, 4) is 0 Å². The van der Waals surface area contributed by atoms with Gasteiger partial charge in [0.2, 0.25) is 0 Å². The molecule has 0 saturated heterocycles. The molecule has 0 unspecified atom stereocenters. The minimum atomic E-state index is 1.08. The van der Waals surface area contributed by atoms with Gasteiger partial charge in [-0.2, -0.15) is 0 Å². The van der Waals surface area contributed by atoms with Gasteiger partial charge in [0.05, 0.1) is 0 Å². The third kappa shape index (κ3) is 1.88. The Hall–Kier alpha value is -1.82. The van der Waals surface area contributed by atoms with E-state index in [0.717, 1.165) is 19.3 Å². The molecule has 2 aromatic carbocycles. The fraction of sp³-hybridized carbons (Fsp3) is 0.222. The molecule has 0 heterocycles. The Balaban J connectivity index is 2.25. The van der Waals surface area contributed by atoms with Gasteiger partial charge in [0, 0.05) is 0 Å². The van der Waals surface area contributed by atoms with Gasteiger partial charge in [0.1, 0.15) is 0 Å². The van der Waals surface area contributed by atoms with E-state index in [-0.39, 0.29) is 0 Å². The highest BCUT2D eigenvalue weighted by molar-refractivity contribution is 5.83.